The first-order valence-electron chi connectivity index (χ1n) is 6.32. The van der Waals surface area contributed by atoms with Crippen LogP contribution in [0, 0.1) is 0 Å². The van der Waals surface area contributed by atoms with Crippen LogP contribution in [-0.4, -0.2) is 30.9 Å². The lowest BCUT2D eigenvalue weighted by molar-refractivity contribution is 0.555. The van der Waals surface area contributed by atoms with Gasteiger partial charge in [0.2, 0.25) is 0 Å². The third-order valence-corrected chi connectivity index (χ3v) is 5.22. The van der Waals surface area contributed by atoms with E-state index in [2.05, 4.69) is 10.3 Å². The summed E-state index contributed by atoms with van der Waals surface area (Å²) < 4.78 is 27.7. The second kappa shape index (κ2) is 4.55. The molecule has 1 aromatic heterocycles. The van der Waals surface area contributed by atoms with Crippen LogP contribution in [0.2, 0.25) is 0 Å². The van der Waals surface area contributed by atoms with Crippen LogP contribution in [-0.2, 0) is 9.84 Å². The van der Waals surface area contributed by atoms with E-state index in [-0.39, 0.29) is 17.5 Å². The van der Waals surface area contributed by atoms with Crippen molar-refractivity contribution < 1.29 is 12.8 Å². The van der Waals surface area contributed by atoms with Crippen molar-refractivity contribution in [1.82, 2.24) is 4.98 Å². The third kappa shape index (κ3) is 2.51. The van der Waals surface area contributed by atoms with Gasteiger partial charge < -0.3 is 15.5 Å². The Balaban J connectivity index is 1.84. The molecule has 108 valence electrons. The topological polar surface area (TPSA) is 118 Å². The molecule has 1 saturated heterocycles. The lowest BCUT2D eigenvalue weighted by Gasteiger charge is -2.24. The molecule has 0 spiro atoms. The van der Waals surface area contributed by atoms with E-state index in [9.17, 15) is 13.2 Å². The van der Waals surface area contributed by atoms with E-state index in [1.165, 1.54) is 0 Å². The SMILES string of the molecule is Nc1cc2oc(=O)[nH]c2cc1NC1CCS(=O)(=O)CC1. The molecular formula is C12H15N3O4S. The Kier molecular flexibility index (Phi) is 2.97. The molecule has 2 aromatic rings. The number of aromatic amines is 1. The predicted octanol–water partition coefficient (Wildman–Crippen LogP) is 0.692. The van der Waals surface area contributed by atoms with E-state index in [1.807, 2.05) is 0 Å². The quantitative estimate of drug-likeness (QED) is 0.702. The highest BCUT2D eigenvalue weighted by molar-refractivity contribution is 7.91. The number of hydrogen-bond acceptors (Lipinski definition) is 6. The summed E-state index contributed by atoms with van der Waals surface area (Å²) in [5, 5.41) is 3.24. The maximum atomic E-state index is 11.4. The van der Waals surface area contributed by atoms with Gasteiger partial charge >= 0.3 is 5.76 Å². The molecule has 3 rings (SSSR count). The summed E-state index contributed by atoms with van der Waals surface area (Å²) in [4.78, 5) is 13.7. The van der Waals surface area contributed by atoms with E-state index in [4.69, 9.17) is 10.2 Å². The number of nitrogens with two attached hydrogens (primary N) is 1. The number of H-pyrrole nitrogens is 1. The fourth-order valence-electron chi connectivity index (χ4n) is 2.39. The summed E-state index contributed by atoms with van der Waals surface area (Å²) in [6, 6.07) is 3.35. The van der Waals surface area contributed by atoms with Crippen molar-refractivity contribution >= 4 is 32.3 Å². The monoisotopic (exact) mass is 297 g/mol. The number of fused-ring (bicyclic) bond motifs is 1. The van der Waals surface area contributed by atoms with Gasteiger partial charge in [0, 0.05) is 12.1 Å². The number of oxazole rings is 1. The highest BCUT2D eigenvalue weighted by atomic mass is 32.2. The molecule has 20 heavy (non-hydrogen) atoms. The maximum Gasteiger partial charge on any atom is 0.417 e. The number of aromatic nitrogens is 1. The van der Waals surface area contributed by atoms with E-state index >= 15 is 0 Å². The van der Waals surface area contributed by atoms with Gasteiger partial charge in [-0.05, 0) is 18.9 Å². The fraction of sp³-hybridized carbons (Fsp3) is 0.417. The molecule has 0 unspecified atom stereocenters. The normalized spacial score (nSPS) is 19.2. The minimum atomic E-state index is -2.88. The largest absolute Gasteiger partial charge is 0.417 e. The van der Waals surface area contributed by atoms with Crippen molar-refractivity contribution in [3.63, 3.8) is 0 Å². The van der Waals surface area contributed by atoms with Crippen LogP contribution < -0.4 is 16.8 Å². The molecule has 1 aliphatic rings. The molecule has 1 aliphatic heterocycles. The molecule has 8 heteroatoms. The van der Waals surface area contributed by atoms with E-state index < -0.39 is 15.6 Å². The number of hydrogen-bond donors (Lipinski definition) is 3. The summed E-state index contributed by atoms with van der Waals surface area (Å²) in [5.74, 6) is -0.148. The zero-order valence-corrected chi connectivity index (χ0v) is 11.5. The molecule has 2 heterocycles. The average molecular weight is 297 g/mol. The Morgan fingerprint density at radius 1 is 1.30 bits per heavy atom. The molecule has 7 nitrogen and oxygen atoms in total. The van der Waals surface area contributed by atoms with Gasteiger partial charge in [0.25, 0.3) is 0 Å². The van der Waals surface area contributed by atoms with Gasteiger partial charge in [-0.1, -0.05) is 0 Å². The Morgan fingerprint density at radius 3 is 2.70 bits per heavy atom. The summed E-state index contributed by atoms with van der Waals surface area (Å²) in [7, 11) is -2.88. The number of sulfone groups is 1. The fourth-order valence-corrected chi connectivity index (χ4v) is 3.88. The molecule has 1 aromatic carbocycles. The van der Waals surface area contributed by atoms with Gasteiger partial charge in [0.05, 0.1) is 28.4 Å². The first-order chi connectivity index (χ1) is 9.43. The van der Waals surface area contributed by atoms with Gasteiger partial charge in [-0.3, -0.25) is 4.98 Å². The van der Waals surface area contributed by atoms with Crippen LogP contribution in [0.3, 0.4) is 0 Å². The lowest BCUT2D eigenvalue weighted by atomic mass is 10.1. The predicted molar refractivity (Wildman–Crippen MR) is 76.5 cm³/mol. The molecule has 0 radical (unpaired) electrons. The molecule has 0 aliphatic carbocycles. The van der Waals surface area contributed by atoms with Gasteiger partial charge in [0.15, 0.2) is 5.58 Å². The molecule has 0 saturated carbocycles. The maximum absolute atomic E-state index is 11.4. The minimum absolute atomic E-state index is 0.0666. The minimum Gasteiger partial charge on any atom is -0.408 e. The number of rotatable bonds is 2. The lowest BCUT2D eigenvalue weighted by Crippen LogP contribution is -2.32. The van der Waals surface area contributed by atoms with Gasteiger partial charge in [-0.25, -0.2) is 13.2 Å². The molecule has 0 bridgehead atoms. The molecular weight excluding hydrogens is 282 g/mol. The van der Waals surface area contributed by atoms with Gasteiger partial charge in [0.1, 0.15) is 9.84 Å². The summed E-state index contributed by atoms with van der Waals surface area (Å²) in [6.07, 6.45) is 1.11. The van der Waals surface area contributed by atoms with E-state index in [1.54, 1.807) is 12.1 Å². The zero-order chi connectivity index (χ0) is 14.3. The second-order valence-corrected chi connectivity index (χ2v) is 7.32. The van der Waals surface area contributed by atoms with Crippen molar-refractivity contribution in [2.45, 2.75) is 18.9 Å². The Labute approximate surface area is 115 Å². The summed E-state index contributed by atoms with van der Waals surface area (Å²) in [6.45, 7) is 0. The molecule has 0 amide bonds. The molecule has 0 atom stereocenters. The van der Waals surface area contributed by atoms with E-state index in [0.717, 1.165) is 0 Å². The number of nitrogen functional groups attached to an aromatic ring is 1. The summed E-state index contributed by atoms with van der Waals surface area (Å²) in [5.41, 5.74) is 8.03. The number of anilines is 2. The van der Waals surface area contributed by atoms with Crippen LogP contribution in [0.4, 0.5) is 11.4 Å². The first kappa shape index (κ1) is 13.0. The third-order valence-electron chi connectivity index (χ3n) is 3.51. The van der Waals surface area contributed by atoms with Crippen molar-refractivity contribution in [2.24, 2.45) is 0 Å². The van der Waals surface area contributed by atoms with E-state index in [0.29, 0.717) is 35.3 Å². The van der Waals surface area contributed by atoms with Gasteiger partial charge in [-0.15, -0.1) is 0 Å². The van der Waals surface area contributed by atoms with Crippen molar-refractivity contribution in [1.29, 1.82) is 0 Å². The van der Waals surface area contributed by atoms with Crippen LogP contribution in [0.1, 0.15) is 12.8 Å². The average Bonchev–Trinajstić information content (AvgIpc) is 2.71. The van der Waals surface area contributed by atoms with Crippen LogP contribution in [0.5, 0.6) is 0 Å². The summed E-state index contributed by atoms with van der Waals surface area (Å²) >= 11 is 0. The zero-order valence-electron chi connectivity index (χ0n) is 10.7. The van der Waals surface area contributed by atoms with Crippen molar-refractivity contribution in [2.75, 3.05) is 22.6 Å². The van der Waals surface area contributed by atoms with Crippen LogP contribution in [0.15, 0.2) is 21.3 Å². The number of nitrogens with one attached hydrogen (secondary N) is 2. The Bertz CT molecular complexity index is 792. The van der Waals surface area contributed by atoms with Gasteiger partial charge in [-0.2, -0.15) is 0 Å². The highest BCUT2D eigenvalue weighted by Crippen LogP contribution is 2.27. The highest BCUT2D eigenvalue weighted by Gasteiger charge is 2.24. The molecule has 4 N–H and O–H groups in total. The standard InChI is InChI=1S/C12H15N3O4S/c13-8-5-11-10(15-12(16)19-11)6-9(8)14-7-1-3-20(17,18)4-2-7/h5-7,14H,1-4,13H2,(H,15,16). The van der Waals surface area contributed by atoms with Crippen molar-refractivity contribution in [3.8, 4) is 0 Å². The van der Waals surface area contributed by atoms with Crippen molar-refractivity contribution in [3.05, 3.63) is 22.7 Å². The second-order valence-electron chi connectivity index (χ2n) is 5.02. The molecule has 1 fully saturated rings. The Hall–Kier alpha value is -1.96. The van der Waals surface area contributed by atoms with Crippen LogP contribution >= 0.6 is 0 Å². The van der Waals surface area contributed by atoms with Crippen LogP contribution in [0.25, 0.3) is 11.1 Å². The first-order valence-corrected chi connectivity index (χ1v) is 8.14. The number of benzene rings is 1. The Morgan fingerprint density at radius 2 is 2.00 bits per heavy atom. The smallest absolute Gasteiger partial charge is 0.408 e.